The molecule has 0 saturated carbocycles. The van der Waals surface area contributed by atoms with Gasteiger partial charge in [-0.2, -0.15) is 0 Å². The van der Waals surface area contributed by atoms with Gasteiger partial charge in [-0.15, -0.1) is 0 Å². The number of hydrogen-bond donors (Lipinski definition) is 1. The molecule has 0 fully saturated rings. The molecule has 5 nitrogen and oxygen atoms in total. The summed E-state index contributed by atoms with van der Waals surface area (Å²) in [5, 5.41) is 2.60. The SMILES string of the molecule is CC[C@@H](Oc1ccccc1)C(=O)OCC(=O)NCCc1ccccc1F. The summed E-state index contributed by atoms with van der Waals surface area (Å²) in [5.74, 6) is -0.785. The summed E-state index contributed by atoms with van der Waals surface area (Å²) in [6.45, 7) is 1.66. The van der Waals surface area contributed by atoms with Crippen molar-refractivity contribution in [3.8, 4) is 5.75 Å². The van der Waals surface area contributed by atoms with Crippen LogP contribution in [0.15, 0.2) is 54.6 Å². The molecule has 0 aliphatic heterocycles. The van der Waals surface area contributed by atoms with Crippen LogP contribution < -0.4 is 10.1 Å². The second kappa shape index (κ2) is 10.2. The molecule has 0 bridgehead atoms. The van der Waals surface area contributed by atoms with Crippen LogP contribution >= 0.6 is 0 Å². The molecule has 1 amide bonds. The van der Waals surface area contributed by atoms with Gasteiger partial charge >= 0.3 is 5.97 Å². The lowest BCUT2D eigenvalue weighted by atomic mass is 10.1. The summed E-state index contributed by atoms with van der Waals surface area (Å²) in [6.07, 6.45) is 0.00701. The van der Waals surface area contributed by atoms with Crippen LogP contribution in [0.25, 0.3) is 0 Å². The molecule has 1 N–H and O–H groups in total. The van der Waals surface area contributed by atoms with Crippen LogP contribution in [-0.4, -0.2) is 31.1 Å². The number of hydrogen-bond acceptors (Lipinski definition) is 4. The summed E-state index contributed by atoms with van der Waals surface area (Å²) >= 11 is 0. The van der Waals surface area contributed by atoms with Crippen molar-refractivity contribution in [2.45, 2.75) is 25.9 Å². The van der Waals surface area contributed by atoms with Crippen molar-refractivity contribution >= 4 is 11.9 Å². The molecule has 6 heteroatoms. The van der Waals surface area contributed by atoms with Gasteiger partial charge in [0.05, 0.1) is 0 Å². The molecule has 2 aromatic carbocycles. The Morgan fingerprint density at radius 2 is 1.77 bits per heavy atom. The van der Waals surface area contributed by atoms with Crippen LogP contribution in [0.2, 0.25) is 0 Å². The van der Waals surface area contributed by atoms with E-state index in [1.807, 2.05) is 6.07 Å². The fraction of sp³-hybridized carbons (Fsp3) is 0.300. The van der Waals surface area contributed by atoms with Gasteiger partial charge in [0.15, 0.2) is 12.7 Å². The number of carbonyl (C=O) groups excluding carboxylic acids is 2. The van der Waals surface area contributed by atoms with Crippen molar-refractivity contribution in [1.29, 1.82) is 0 Å². The Bertz CT molecular complexity index is 721. The van der Waals surface area contributed by atoms with Gasteiger partial charge in [-0.25, -0.2) is 9.18 Å². The monoisotopic (exact) mass is 359 g/mol. The highest BCUT2D eigenvalue weighted by Crippen LogP contribution is 2.13. The molecule has 0 saturated heterocycles. The first kappa shape index (κ1) is 19.4. The Labute approximate surface area is 152 Å². The van der Waals surface area contributed by atoms with Crippen molar-refractivity contribution < 1.29 is 23.5 Å². The molecule has 0 spiro atoms. The Balaban J connectivity index is 1.71. The summed E-state index contributed by atoms with van der Waals surface area (Å²) in [6, 6.07) is 15.3. The molecule has 0 radical (unpaired) electrons. The fourth-order valence-corrected chi connectivity index (χ4v) is 2.28. The molecule has 0 aliphatic rings. The van der Waals surface area contributed by atoms with Crippen molar-refractivity contribution in [3.63, 3.8) is 0 Å². The quantitative estimate of drug-likeness (QED) is 0.699. The minimum absolute atomic E-state index is 0.259. The van der Waals surface area contributed by atoms with E-state index in [0.29, 0.717) is 24.2 Å². The first-order valence-electron chi connectivity index (χ1n) is 8.48. The van der Waals surface area contributed by atoms with Gasteiger partial charge in [-0.1, -0.05) is 43.3 Å². The van der Waals surface area contributed by atoms with Gasteiger partial charge in [-0.3, -0.25) is 4.79 Å². The van der Waals surface area contributed by atoms with Crippen LogP contribution in [0.3, 0.4) is 0 Å². The second-order valence-electron chi connectivity index (χ2n) is 5.63. The molecular weight excluding hydrogens is 337 g/mol. The van der Waals surface area contributed by atoms with Crippen LogP contribution in [0.4, 0.5) is 4.39 Å². The predicted molar refractivity (Wildman–Crippen MR) is 95.2 cm³/mol. The molecular formula is C20H22FNO4. The zero-order valence-corrected chi connectivity index (χ0v) is 14.6. The highest BCUT2D eigenvalue weighted by molar-refractivity contribution is 5.82. The Morgan fingerprint density at radius 1 is 1.08 bits per heavy atom. The van der Waals surface area contributed by atoms with Crippen LogP contribution in [-0.2, 0) is 20.7 Å². The molecule has 2 rings (SSSR count). The van der Waals surface area contributed by atoms with Gasteiger partial charge in [0, 0.05) is 6.54 Å². The lowest BCUT2D eigenvalue weighted by molar-refractivity contribution is -0.155. The Kier molecular flexibility index (Phi) is 7.61. The summed E-state index contributed by atoms with van der Waals surface area (Å²) < 4.78 is 24.0. The van der Waals surface area contributed by atoms with E-state index >= 15 is 0 Å². The summed E-state index contributed by atoms with van der Waals surface area (Å²) in [4.78, 5) is 23.8. The number of esters is 1. The van der Waals surface area contributed by atoms with Gasteiger partial charge in [-0.05, 0) is 36.6 Å². The minimum Gasteiger partial charge on any atom is -0.479 e. The molecule has 0 aliphatic carbocycles. The number of ether oxygens (including phenoxy) is 2. The second-order valence-corrected chi connectivity index (χ2v) is 5.63. The van der Waals surface area contributed by atoms with E-state index in [1.54, 1.807) is 49.4 Å². The van der Waals surface area contributed by atoms with E-state index in [-0.39, 0.29) is 12.4 Å². The molecule has 0 heterocycles. The van der Waals surface area contributed by atoms with Crippen molar-refractivity contribution in [2.75, 3.05) is 13.2 Å². The number of carbonyl (C=O) groups is 2. The van der Waals surface area contributed by atoms with E-state index in [4.69, 9.17) is 9.47 Å². The number of para-hydroxylation sites is 1. The third kappa shape index (κ3) is 6.20. The maximum absolute atomic E-state index is 13.5. The summed E-state index contributed by atoms with van der Waals surface area (Å²) in [7, 11) is 0. The first-order chi connectivity index (χ1) is 12.6. The van der Waals surface area contributed by atoms with Gasteiger partial charge in [0.1, 0.15) is 11.6 Å². The van der Waals surface area contributed by atoms with Gasteiger partial charge in [0.2, 0.25) is 0 Å². The largest absolute Gasteiger partial charge is 0.479 e. The smallest absolute Gasteiger partial charge is 0.347 e. The van der Waals surface area contributed by atoms with E-state index in [2.05, 4.69) is 5.32 Å². The first-order valence-corrected chi connectivity index (χ1v) is 8.48. The van der Waals surface area contributed by atoms with Crippen molar-refractivity contribution in [2.24, 2.45) is 0 Å². The molecule has 2 aromatic rings. The Hall–Kier alpha value is -2.89. The van der Waals surface area contributed by atoms with Crippen LogP contribution in [0.1, 0.15) is 18.9 Å². The molecule has 0 unspecified atom stereocenters. The molecule has 138 valence electrons. The predicted octanol–water partition coefficient (Wildman–Crippen LogP) is 2.89. The standard InChI is InChI=1S/C20H22FNO4/c1-2-18(26-16-9-4-3-5-10-16)20(24)25-14-19(23)22-13-12-15-8-6-7-11-17(15)21/h3-11,18H,2,12-14H2,1H3,(H,22,23)/t18-/m1/s1. The lowest BCUT2D eigenvalue weighted by Gasteiger charge is -2.16. The number of amides is 1. The van der Waals surface area contributed by atoms with Crippen molar-refractivity contribution in [3.05, 3.63) is 66.0 Å². The van der Waals surface area contributed by atoms with Crippen LogP contribution in [0.5, 0.6) is 5.75 Å². The molecule has 26 heavy (non-hydrogen) atoms. The van der Waals surface area contributed by atoms with Crippen LogP contribution in [0, 0.1) is 5.82 Å². The van der Waals surface area contributed by atoms with E-state index in [0.717, 1.165) is 0 Å². The molecule has 0 aromatic heterocycles. The number of benzene rings is 2. The van der Waals surface area contributed by atoms with E-state index < -0.39 is 24.6 Å². The zero-order chi connectivity index (χ0) is 18.8. The average Bonchev–Trinajstić information content (AvgIpc) is 2.66. The molecule has 1 atom stereocenters. The lowest BCUT2D eigenvalue weighted by Crippen LogP contribution is -2.34. The summed E-state index contributed by atoms with van der Waals surface area (Å²) in [5.41, 5.74) is 0.520. The highest BCUT2D eigenvalue weighted by Gasteiger charge is 2.21. The van der Waals surface area contributed by atoms with Gasteiger partial charge < -0.3 is 14.8 Å². The number of rotatable bonds is 9. The maximum atomic E-state index is 13.5. The third-order valence-corrected chi connectivity index (χ3v) is 3.68. The number of halogens is 1. The maximum Gasteiger partial charge on any atom is 0.347 e. The minimum atomic E-state index is -0.774. The normalized spacial score (nSPS) is 11.5. The zero-order valence-electron chi connectivity index (χ0n) is 14.6. The van der Waals surface area contributed by atoms with Gasteiger partial charge in [0.25, 0.3) is 5.91 Å². The van der Waals surface area contributed by atoms with Crippen molar-refractivity contribution in [1.82, 2.24) is 5.32 Å². The third-order valence-electron chi connectivity index (χ3n) is 3.68. The fourth-order valence-electron chi connectivity index (χ4n) is 2.28. The number of nitrogens with one attached hydrogen (secondary N) is 1. The average molecular weight is 359 g/mol. The Morgan fingerprint density at radius 3 is 2.46 bits per heavy atom. The topological polar surface area (TPSA) is 64.6 Å². The van der Waals surface area contributed by atoms with E-state index in [1.165, 1.54) is 6.07 Å². The highest BCUT2D eigenvalue weighted by atomic mass is 19.1. The van der Waals surface area contributed by atoms with E-state index in [9.17, 15) is 14.0 Å².